The molecule has 1 aromatic heterocycles. The molecule has 2 aliphatic rings. The molecule has 4 N–H and O–H groups in total. The van der Waals surface area contributed by atoms with Gasteiger partial charge in [-0.25, -0.2) is 0 Å². The van der Waals surface area contributed by atoms with Crippen LogP contribution >= 0.6 is 11.3 Å². The minimum Gasteiger partial charge on any atom is -0.397 e. The third-order valence-corrected chi connectivity index (χ3v) is 5.16. The quantitative estimate of drug-likeness (QED) is 0.645. The van der Waals surface area contributed by atoms with Crippen LogP contribution in [0.1, 0.15) is 46.8 Å². The number of nitrogens with one attached hydrogen (secondary N) is 2. The zero-order chi connectivity index (χ0) is 14.8. The van der Waals surface area contributed by atoms with Crippen molar-refractivity contribution in [2.75, 3.05) is 37.9 Å². The summed E-state index contributed by atoms with van der Waals surface area (Å²) in [5.41, 5.74) is 7.97. The van der Waals surface area contributed by atoms with Gasteiger partial charge in [-0.3, -0.25) is 4.79 Å². The first-order valence-corrected chi connectivity index (χ1v) is 8.48. The molecule has 6 heteroatoms. The lowest BCUT2D eigenvalue weighted by Crippen LogP contribution is -2.17. The smallest absolute Gasteiger partial charge is 0.263 e. The molecule has 0 saturated heterocycles. The summed E-state index contributed by atoms with van der Waals surface area (Å²) in [6.07, 6.45) is 4.97. The summed E-state index contributed by atoms with van der Waals surface area (Å²) in [4.78, 5) is 12.5. The van der Waals surface area contributed by atoms with Crippen LogP contribution in [0.2, 0.25) is 0 Å². The third kappa shape index (κ3) is 3.49. The Hall–Kier alpha value is -1.27. The fourth-order valence-electron chi connectivity index (χ4n) is 2.42. The maximum Gasteiger partial charge on any atom is 0.263 e. The van der Waals surface area contributed by atoms with Gasteiger partial charge in [0.1, 0.15) is 4.88 Å². The maximum atomic E-state index is 11.9. The zero-order valence-electron chi connectivity index (χ0n) is 12.4. The average molecular weight is 309 g/mol. The topological polar surface area (TPSA) is 76.4 Å². The van der Waals surface area contributed by atoms with Crippen molar-refractivity contribution in [2.24, 2.45) is 5.92 Å². The number of anilines is 2. The Morgan fingerprint density at radius 1 is 1.38 bits per heavy atom. The van der Waals surface area contributed by atoms with Crippen molar-refractivity contribution >= 4 is 27.9 Å². The first-order chi connectivity index (χ1) is 10.2. The summed E-state index contributed by atoms with van der Waals surface area (Å²) in [5, 5.41) is 7.10. The minimum atomic E-state index is -0.0996. The number of thiophene rings is 1. The molecular formula is C15H23N3O2S. The number of carbonyl (C=O) groups is 1. The fraction of sp³-hybridized carbons (Fsp3) is 0.667. The summed E-state index contributed by atoms with van der Waals surface area (Å²) in [6.45, 7) is 2.35. The number of amides is 1. The van der Waals surface area contributed by atoms with E-state index < -0.39 is 0 Å². The van der Waals surface area contributed by atoms with Gasteiger partial charge < -0.3 is 21.1 Å². The molecule has 0 spiro atoms. The molecule has 5 nitrogen and oxygen atoms in total. The van der Waals surface area contributed by atoms with Crippen molar-refractivity contribution in [1.29, 1.82) is 0 Å². The van der Waals surface area contributed by atoms with Gasteiger partial charge in [0, 0.05) is 25.8 Å². The predicted molar refractivity (Wildman–Crippen MR) is 86.1 cm³/mol. The van der Waals surface area contributed by atoms with E-state index in [0.29, 0.717) is 23.1 Å². The molecule has 2 aliphatic carbocycles. The molecule has 0 aromatic carbocycles. The van der Waals surface area contributed by atoms with Gasteiger partial charge in [0.25, 0.3) is 5.91 Å². The Labute approximate surface area is 129 Å². The Balaban J connectivity index is 1.60. The summed E-state index contributed by atoms with van der Waals surface area (Å²) < 4.78 is 5.63. The van der Waals surface area contributed by atoms with E-state index in [1.165, 1.54) is 37.0 Å². The number of ether oxygens (including phenoxy) is 1. The number of hydrogen-bond acceptors (Lipinski definition) is 5. The predicted octanol–water partition coefficient (Wildman–Crippen LogP) is 2.41. The van der Waals surface area contributed by atoms with Crippen molar-refractivity contribution in [3.63, 3.8) is 0 Å². The molecule has 0 unspecified atom stereocenters. The van der Waals surface area contributed by atoms with Crippen LogP contribution in [0, 0.1) is 5.92 Å². The zero-order valence-corrected chi connectivity index (χ0v) is 13.2. The molecule has 116 valence electrons. The van der Waals surface area contributed by atoms with Crippen LogP contribution in [0.3, 0.4) is 0 Å². The number of nitrogens with two attached hydrogens (primary N) is 1. The molecule has 2 saturated carbocycles. The van der Waals surface area contributed by atoms with Gasteiger partial charge in [-0.1, -0.05) is 0 Å². The lowest BCUT2D eigenvalue weighted by atomic mass is 10.1. The van der Waals surface area contributed by atoms with E-state index in [0.717, 1.165) is 29.6 Å². The molecular weight excluding hydrogens is 286 g/mol. The van der Waals surface area contributed by atoms with Crippen LogP contribution in [0.25, 0.3) is 0 Å². The molecule has 0 aliphatic heterocycles. The molecule has 2 fully saturated rings. The van der Waals surface area contributed by atoms with E-state index in [1.807, 2.05) is 0 Å². The standard InChI is InChI=1S/C15H23N3O2S/c1-17-14(19)13-12(16)11(10-4-5-10)15(21-13)18-6-7-20-8-9-2-3-9/h9-10,18H,2-8,16H2,1H3,(H,17,19). The van der Waals surface area contributed by atoms with E-state index in [2.05, 4.69) is 10.6 Å². The highest BCUT2D eigenvalue weighted by molar-refractivity contribution is 7.18. The average Bonchev–Trinajstić information content (AvgIpc) is 3.38. The highest BCUT2D eigenvalue weighted by Gasteiger charge is 2.32. The van der Waals surface area contributed by atoms with Crippen LogP contribution in [-0.4, -0.2) is 32.7 Å². The largest absolute Gasteiger partial charge is 0.397 e. The Morgan fingerprint density at radius 3 is 2.76 bits per heavy atom. The van der Waals surface area contributed by atoms with Gasteiger partial charge in [-0.2, -0.15) is 0 Å². The number of carbonyl (C=O) groups excluding carboxylic acids is 1. The minimum absolute atomic E-state index is 0.0996. The molecule has 3 rings (SSSR count). The highest BCUT2D eigenvalue weighted by Crippen LogP contribution is 2.50. The van der Waals surface area contributed by atoms with Crippen LogP contribution < -0.4 is 16.4 Å². The Kier molecular flexibility index (Phi) is 4.35. The number of hydrogen-bond donors (Lipinski definition) is 3. The van der Waals surface area contributed by atoms with Crippen molar-refractivity contribution in [3.05, 3.63) is 10.4 Å². The van der Waals surface area contributed by atoms with Gasteiger partial charge in [0.2, 0.25) is 0 Å². The molecule has 1 heterocycles. The Morgan fingerprint density at radius 2 is 2.14 bits per heavy atom. The van der Waals surface area contributed by atoms with Crippen LogP contribution in [0.4, 0.5) is 10.7 Å². The maximum absolute atomic E-state index is 11.9. The van der Waals surface area contributed by atoms with E-state index in [9.17, 15) is 4.79 Å². The molecule has 0 bridgehead atoms. The lowest BCUT2D eigenvalue weighted by molar-refractivity contribution is 0.0968. The fourth-order valence-corrected chi connectivity index (χ4v) is 3.60. The second-order valence-corrected chi connectivity index (χ2v) is 6.91. The molecule has 0 atom stereocenters. The lowest BCUT2D eigenvalue weighted by Gasteiger charge is -2.08. The first kappa shape index (κ1) is 14.7. The second-order valence-electron chi connectivity index (χ2n) is 5.89. The molecule has 21 heavy (non-hydrogen) atoms. The van der Waals surface area contributed by atoms with Crippen molar-refractivity contribution in [3.8, 4) is 0 Å². The summed E-state index contributed by atoms with van der Waals surface area (Å²) in [5.74, 6) is 1.22. The highest BCUT2D eigenvalue weighted by atomic mass is 32.1. The Bertz CT molecular complexity index is 521. The molecule has 1 aromatic rings. The van der Waals surface area contributed by atoms with Crippen molar-refractivity contribution < 1.29 is 9.53 Å². The van der Waals surface area contributed by atoms with Gasteiger partial charge in [0.05, 0.1) is 17.3 Å². The van der Waals surface area contributed by atoms with E-state index >= 15 is 0 Å². The first-order valence-electron chi connectivity index (χ1n) is 7.66. The summed E-state index contributed by atoms with van der Waals surface area (Å²) in [6, 6.07) is 0. The van der Waals surface area contributed by atoms with Crippen molar-refractivity contribution in [2.45, 2.75) is 31.6 Å². The van der Waals surface area contributed by atoms with E-state index in [1.54, 1.807) is 7.05 Å². The monoisotopic (exact) mass is 309 g/mol. The normalized spacial score (nSPS) is 17.8. The van der Waals surface area contributed by atoms with Gasteiger partial charge in [0.15, 0.2) is 0 Å². The number of rotatable bonds is 8. The number of nitrogen functional groups attached to an aromatic ring is 1. The second kappa shape index (κ2) is 6.23. The SMILES string of the molecule is CNC(=O)c1sc(NCCOCC2CC2)c(C2CC2)c1N. The van der Waals surface area contributed by atoms with Crippen LogP contribution in [0.15, 0.2) is 0 Å². The molecule has 1 amide bonds. The summed E-state index contributed by atoms with van der Waals surface area (Å²) in [7, 11) is 1.64. The molecule has 0 radical (unpaired) electrons. The van der Waals surface area contributed by atoms with Crippen molar-refractivity contribution in [1.82, 2.24) is 5.32 Å². The van der Waals surface area contributed by atoms with E-state index in [-0.39, 0.29) is 5.91 Å². The van der Waals surface area contributed by atoms with E-state index in [4.69, 9.17) is 10.5 Å². The van der Waals surface area contributed by atoms with Gasteiger partial charge in [-0.15, -0.1) is 11.3 Å². The van der Waals surface area contributed by atoms with Gasteiger partial charge >= 0.3 is 0 Å². The summed E-state index contributed by atoms with van der Waals surface area (Å²) >= 11 is 1.46. The van der Waals surface area contributed by atoms with Crippen LogP contribution in [0.5, 0.6) is 0 Å². The third-order valence-electron chi connectivity index (χ3n) is 3.98. The van der Waals surface area contributed by atoms with Gasteiger partial charge in [-0.05, 0) is 37.5 Å². The van der Waals surface area contributed by atoms with Crippen LogP contribution in [-0.2, 0) is 4.74 Å².